The molecule has 86 valence electrons. The molecule has 1 rings (SSSR count). The van der Waals surface area contributed by atoms with Crippen LogP contribution in [0.15, 0.2) is 30.3 Å². The predicted octanol–water partition coefficient (Wildman–Crippen LogP) is 2.16. The summed E-state index contributed by atoms with van der Waals surface area (Å²) in [6, 6.07) is 9.27. The zero-order chi connectivity index (χ0) is 12.0. The van der Waals surface area contributed by atoms with Crippen LogP contribution in [0.3, 0.4) is 0 Å². The van der Waals surface area contributed by atoms with Crippen molar-refractivity contribution in [2.24, 2.45) is 0 Å². The van der Waals surface area contributed by atoms with Crippen molar-refractivity contribution in [1.29, 1.82) is 0 Å². The van der Waals surface area contributed by atoms with Gasteiger partial charge in [0.15, 0.2) is 0 Å². The van der Waals surface area contributed by atoms with E-state index in [1.54, 1.807) is 0 Å². The summed E-state index contributed by atoms with van der Waals surface area (Å²) in [7, 11) is 0. The third-order valence-corrected chi connectivity index (χ3v) is 2.11. The molecule has 0 aliphatic heterocycles. The fraction of sp³-hybridized carbons (Fsp3) is 0.333. The van der Waals surface area contributed by atoms with Gasteiger partial charge in [-0.25, -0.2) is 0 Å². The van der Waals surface area contributed by atoms with Crippen molar-refractivity contribution in [3.8, 4) is 0 Å². The molecule has 0 bridgehead atoms. The van der Waals surface area contributed by atoms with E-state index < -0.39 is 18.4 Å². The van der Waals surface area contributed by atoms with Gasteiger partial charge in [-0.1, -0.05) is 37.3 Å². The Hall–Kier alpha value is -1.84. The molecule has 0 saturated heterocycles. The zero-order valence-electron chi connectivity index (χ0n) is 9.05. The quantitative estimate of drug-likeness (QED) is 0.612. The number of aliphatic carboxylic acids is 1. The van der Waals surface area contributed by atoms with Crippen molar-refractivity contribution in [2.45, 2.75) is 25.9 Å². The topological polar surface area (TPSA) is 63.6 Å². The van der Waals surface area contributed by atoms with Gasteiger partial charge in [-0.05, 0) is 12.0 Å². The maximum Gasteiger partial charge on any atom is 0.317 e. The van der Waals surface area contributed by atoms with E-state index in [1.165, 1.54) is 0 Å². The van der Waals surface area contributed by atoms with Crippen LogP contribution >= 0.6 is 0 Å². The van der Waals surface area contributed by atoms with Crippen molar-refractivity contribution in [3.63, 3.8) is 0 Å². The molecular weight excluding hydrogens is 208 g/mol. The van der Waals surface area contributed by atoms with Crippen molar-refractivity contribution >= 4 is 11.9 Å². The van der Waals surface area contributed by atoms with Gasteiger partial charge in [-0.15, -0.1) is 0 Å². The van der Waals surface area contributed by atoms with E-state index in [-0.39, 0.29) is 6.10 Å². The normalized spacial score (nSPS) is 11.8. The first-order chi connectivity index (χ1) is 7.63. The third kappa shape index (κ3) is 3.73. The van der Waals surface area contributed by atoms with Crippen LogP contribution in [0.4, 0.5) is 0 Å². The van der Waals surface area contributed by atoms with Gasteiger partial charge in [0, 0.05) is 0 Å². The molecule has 1 aromatic carbocycles. The third-order valence-electron chi connectivity index (χ3n) is 2.11. The largest absolute Gasteiger partial charge is 0.481 e. The molecule has 0 radical (unpaired) electrons. The average molecular weight is 222 g/mol. The summed E-state index contributed by atoms with van der Waals surface area (Å²) >= 11 is 0. The van der Waals surface area contributed by atoms with Gasteiger partial charge in [0.05, 0.1) is 0 Å². The maximum atomic E-state index is 11.2. The molecule has 0 aliphatic rings. The van der Waals surface area contributed by atoms with Crippen LogP contribution in [-0.2, 0) is 14.3 Å². The first kappa shape index (κ1) is 12.2. The molecule has 1 aromatic rings. The highest BCUT2D eigenvalue weighted by molar-refractivity contribution is 5.90. The van der Waals surface area contributed by atoms with Gasteiger partial charge in [0.2, 0.25) is 0 Å². The fourth-order valence-corrected chi connectivity index (χ4v) is 1.38. The number of rotatable bonds is 5. The molecule has 0 aromatic heterocycles. The highest BCUT2D eigenvalue weighted by atomic mass is 16.5. The lowest BCUT2D eigenvalue weighted by Gasteiger charge is -2.15. The highest BCUT2D eigenvalue weighted by Crippen LogP contribution is 2.20. The molecule has 4 nitrogen and oxygen atoms in total. The number of carbonyl (C=O) groups is 2. The number of hydrogen-bond acceptors (Lipinski definition) is 3. The van der Waals surface area contributed by atoms with Gasteiger partial charge in [-0.3, -0.25) is 9.59 Å². The summed E-state index contributed by atoms with van der Waals surface area (Å²) in [6.45, 7) is 1.88. The Morgan fingerprint density at radius 3 is 2.44 bits per heavy atom. The van der Waals surface area contributed by atoms with Gasteiger partial charge in [-0.2, -0.15) is 0 Å². The molecule has 4 heteroatoms. The van der Waals surface area contributed by atoms with Gasteiger partial charge < -0.3 is 9.84 Å². The number of esters is 1. The second-order valence-electron chi connectivity index (χ2n) is 3.37. The van der Waals surface area contributed by atoms with E-state index in [1.807, 2.05) is 37.3 Å². The second kappa shape index (κ2) is 5.90. The highest BCUT2D eigenvalue weighted by Gasteiger charge is 2.16. The van der Waals surface area contributed by atoms with E-state index in [4.69, 9.17) is 9.84 Å². The SMILES string of the molecule is CCC(OC(=O)CC(=O)O)c1ccccc1. The summed E-state index contributed by atoms with van der Waals surface area (Å²) in [4.78, 5) is 21.5. The predicted molar refractivity (Wildman–Crippen MR) is 57.8 cm³/mol. The Kier molecular flexibility index (Phi) is 4.51. The summed E-state index contributed by atoms with van der Waals surface area (Å²) in [5.74, 6) is -1.88. The van der Waals surface area contributed by atoms with E-state index >= 15 is 0 Å². The lowest BCUT2D eigenvalue weighted by Crippen LogP contribution is -2.14. The summed E-state index contributed by atoms with van der Waals surface area (Å²) in [6.07, 6.45) is -0.341. The second-order valence-corrected chi connectivity index (χ2v) is 3.37. The number of carboxylic acids is 1. The minimum atomic E-state index is -1.17. The van der Waals surface area contributed by atoms with Crippen LogP contribution in [0.2, 0.25) is 0 Å². The Balaban J connectivity index is 2.63. The molecule has 1 unspecified atom stereocenters. The Morgan fingerprint density at radius 2 is 1.94 bits per heavy atom. The Labute approximate surface area is 93.9 Å². The molecule has 0 amide bonds. The molecule has 1 N–H and O–H groups in total. The molecular formula is C12H14O4. The number of hydrogen-bond donors (Lipinski definition) is 1. The van der Waals surface area contributed by atoms with Crippen LogP contribution in [0.5, 0.6) is 0 Å². The van der Waals surface area contributed by atoms with E-state index in [0.717, 1.165) is 5.56 Å². The van der Waals surface area contributed by atoms with E-state index in [0.29, 0.717) is 6.42 Å². The molecule has 1 atom stereocenters. The molecule has 0 saturated carbocycles. The number of ether oxygens (including phenoxy) is 1. The lowest BCUT2D eigenvalue weighted by atomic mass is 10.1. The first-order valence-corrected chi connectivity index (χ1v) is 5.09. The smallest absolute Gasteiger partial charge is 0.317 e. The van der Waals surface area contributed by atoms with E-state index in [9.17, 15) is 9.59 Å². The van der Waals surface area contributed by atoms with Crippen LogP contribution in [0, 0.1) is 0 Å². The Morgan fingerprint density at radius 1 is 1.31 bits per heavy atom. The van der Waals surface area contributed by atoms with Crippen LogP contribution in [0.25, 0.3) is 0 Å². The summed E-state index contributed by atoms with van der Waals surface area (Å²) < 4.78 is 5.08. The van der Waals surface area contributed by atoms with Crippen molar-refractivity contribution in [1.82, 2.24) is 0 Å². The first-order valence-electron chi connectivity index (χ1n) is 5.09. The van der Waals surface area contributed by atoms with Gasteiger partial charge in [0.1, 0.15) is 12.5 Å². The van der Waals surface area contributed by atoms with E-state index in [2.05, 4.69) is 0 Å². The van der Waals surface area contributed by atoms with Gasteiger partial charge in [0.25, 0.3) is 0 Å². The van der Waals surface area contributed by atoms with Crippen LogP contribution in [0.1, 0.15) is 31.4 Å². The molecule has 0 aliphatic carbocycles. The fourth-order valence-electron chi connectivity index (χ4n) is 1.38. The number of carboxylic acid groups (broad SMARTS) is 1. The number of benzene rings is 1. The van der Waals surface area contributed by atoms with Crippen molar-refractivity contribution in [2.75, 3.05) is 0 Å². The van der Waals surface area contributed by atoms with Crippen molar-refractivity contribution in [3.05, 3.63) is 35.9 Å². The minimum absolute atomic E-state index is 0.368. The Bertz CT molecular complexity index is 359. The summed E-state index contributed by atoms with van der Waals surface area (Å²) in [5, 5.41) is 8.44. The average Bonchev–Trinajstić information content (AvgIpc) is 2.26. The van der Waals surface area contributed by atoms with Crippen molar-refractivity contribution < 1.29 is 19.4 Å². The monoisotopic (exact) mass is 222 g/mol. The number of carbonyl (C=O) groups excluding carboxylic acids is 1. The molecule has 0 heterocycles. The van der Waals surface area contributed by atoms with Crippen LogP contribution in [-0.4, -0.2) is 17.0 Å². The molecule has 16 heavy (non-hydrogen) atoms. The minimum Gasteiger partial charge on any atom is -0.481 e. The molecule has 0 spiro atoms. The van der Waals surface area contributed by atoms with Gasteiger partial charge >= 0.3 is 11.9 Å². The maximum absolute atomic E-state index is 11.2. The van der Waals surface area contributed by atoms with Crippen LogP contribution < -0.4 is 0 Å². The zero-order valence-corrected chi connectivity index (χ0v) is 9.05. The summed E-state index contributed by atoms with van der Waals surface area (Å²) in [5.41, 5.74) is 0.878. The lowest BCUT2D eigenvalue weighted by molar-refractivity contribution is -0.155. The standard InChI is InChI=1S/C12H14O4/c1-2-10(9-6-4-3-5-7-9)16-12(15)8-11(13)14/h3-7,10H,2,8H2,1H3,(H,13,14). The molecule has 0 fully saturated rings.